The Balaban J connectivity index is 1.90. The number of phenols is 1. The molecule has 2 aromatic heterocycles. The molecule has 0 aliphatic carbocycles. The monoisotopic (exact) mass is 331 g/mol. The van der Waals surface area contributed by atoms with Crippen molar-refractivity contribution in [2.75, 3.05) is 7.11 Å². The van der Waals surface area contributed by atoms with Gasteiger partial charge in [0.1, 0.15) is 17.2 Å². The van der Waals surface area contributed by atoms with Crippen LogP contribution in [0.25, 0.3) is 33.4 Å². The van der Waals surface area contributed by atoms with Gasteiger partial charge in [-0.1, -0.05) is 24.3 Å². The quantitative estimate of drug-likeness (QED) is 0.587. The van der Waals surface area contributed by atoms with Gasteiger partial charge in [-0.15, -0.1) is 0 Å². The minimum Gasteiger partial charge on any atom is -0.507 e. The zero-order chi connectivity index (χ0) is 17.4. The minimum atomic E-state index is 0.118. The minimum absolute atomic E-state index is 0.118. The Morgan fingerprint density at radius 1 is 1.04 bits per heavy atom. The first-order valence-corrected chi connectivity index (χ1v) is 7.96. The van der Waals surface area contributed by atoms with E-state index in [1.165, 1.54) is 0 Å². The molecule has 0 aliphatic heterocycles. The third-order valence-electron chi connectivity index (χ3n) is 4.26. The topological polar surface area (TPSA) is 71.0 Å². The highest BCUT2D eigenvalue weighted by Gasteiger charge is 2.18. The first-order valence-electron chi connectivity index (χ1n) is 7.96. The molecule has 0 radical (unpaired) electrons. The standard InChI is InChI=1S/C20H17N3O2/c1-12-19(17-10-7-13-5-3-4-6-16(13)21-17)20(23-22-12)15-9-8-14(25-2)11-18(15)24/h3-11,24H,1-2H3,(H,22,23). The molecule has 0 fully saturated rings. The fraction of sp³-hybridized carbons (Fsp3) is 0.100. The van der Waals surface area contributed by atoms with Crippen LogP contribution >= 0.6 is 0 Å². The molecule has 0 bridgehead atoms. The van der Waals surface area contributed by atoms with Crippen LogP contribution in [0.1, 0.15) is 5.69 Å². The molecule has 0 amide bonds. The number of hydrogen-bond acceptors (Lipinski definition) is 4. The van der Waals surface area contributed by atoms with Gasteiger partial charge in [0.2, 0.25) is 0 Å². The highest BCUT2D eigenvalue weighted by atomic mass is 16.5. The number of para-hydroxylation sites is 1. The van der Waals surface area contributed by atoms with Crippen LogP contribution < -0.4 is 4.74 Å². The van der Waals surface area contributed by atoms with E-state index in [2.05, 4.69) is 10.2 Å². The zero-order valence-electron chi connectivity index (χ0n) is 13.9. The molecule has 0 atom stereocenters. The largest absolute Gasteiger partial charge is 0.507 e. The molecule has 4 aromatic rings. The van der Waals surface area contributed by atoms with Crippen LogP contribution in [0, 0.1) is 6.92 Å². The van der Waals surface area contributed by atoms with Gasteiger partial charge in [0, 0.05) is 28.3 Å². The summed E-state index contributed by atoms with van der Waals surface area (Å²) in [6.07, 6.45) is 0. The summed E-state index contributed by atoms with van der Waals surface area (Å²) < 4.78 is 5.15. The molecule has 5 heteroatoms. The molecule has 2 heterocycles. The van der Waals surface area contributed by atoms with Crippen LogP contribution in [0.3, 0.4) is 0 Å². The highest BCUT2D eigenvalue weighted by molar-refractivity contribution is 5.87. The van der Waals surface area contributed by atoms with E-state index in [1.54, 1.807) is 25.3 Å². The number of methoxy groups -OCH3 is 1. The maximum Gasteiger partial charge on any atom is 0.128 e. The molecule has 0 aliphatic rings. The number of aryl methyl sites for hydroxylation is 1. The number of H-pyrrole nitrogens is 1. The van der Waals surface area contributed by atoms with Gasteiger partial charge in [0.05, 0.1) is 18.3 Å². The first kappa shape index (κ1) is 15.2. The van der Waals surface area contributed by atoms with Crippen molar-refractivity contribution in [2.24, 2.45) is 0 Å². The lowest BCUT2D eigenvalue weighted by atomic mass is 10.0. The van der Waals surface area contributed by atoms with Crippen LogP contribution in [0.4, 0.5) is 0 Å². The summed E-state index contributed by atoms with van der Waals surface area (Å²) in [5, 5.41) is 18.9. The summed E-state index contributed by atoms with van der Waals surface area (Å²) >= 11 is 0. The smallest absolute Gasteiger partial charge is 0.128 e. The number of fused-ring (bicyclic) bond motifs is 1. The molecule has 0 saturated heterocycles. The number of nitrogens with zero attached hydrogens (tertiary/aromatic N) is 2. The molecular formula is C20H17N3O2. The van der Waals surface area contributed by atoms with Crippen LogP contribution in [-0.2, 0) is 0 Å². The van der Waals surface area contributed by atoms with Crippen LogP contribution in [0.2, 0.25) is 0 Å². The first-order chi connectivity index (χ1) is 12.2. The van der Waals surface area contributed by atoms with Crippen molar-refractivity contribution in [3.63, 3.8) is 0 Å². The fourth-order valence-electron chi connectivity index (χ4n) is 2.98. The second-order valence-electron chi connectivity index (χ2n) is 5.84. The Morgan fingerprint density at radius 3 is 2.68 bits per heavy atom. The fourth-order valence-corrected chi connectivity index (χ4v) is 2.98. The van der Waals surface area contributed by atoms with Gasteiger partial charge in [-0.25, -0.2) is 4.98 Å². The van der Waals surface area contributed by atoms with Gasteiger partial charge in [-0.05, 0) is 31.2 Å². The van der Waals surface area contributed by atoms with E-state index in [1.807, 2.05) is 43.3 Å². The maximum atomic E-state index is 10.4. The van der Waals surface area contributed by atoms with E-state index in [-0.39, 0.29) is 5.75 Å². The summed E-state index contributed by atoms with van der Waals surface area (Å²) in [5.74, 6) is 0.715. The molecule has 2 N–H and O–H groups in total. The summed E-state index contributed by atoms with van der Waals surface area (Å²) in [6, 6.07) is 17.2. The van der Waals surface area contributed by atoms with E-state index in [0.29, 0.717) is 17.0 Å². The van der Waals surface area contributed by atoms with Crippen molar-refractivity contribution < 1.29 is 9.84 Å². The number of aromatic hydroxyl groups is 1. The second kappa shape index (κ2) is 5.94. The molecule has 25 heavy (non-hydrogen) atoms. The summed E-state index contributed by atoms with van der Waals surface area (Å²) in [4.78, 5) is 4.76. The van der Waals surface area contributed by atoms with E-state index >= 15 is 0 Å². The summed E-state index contributed by atoms with van der Waals surface area (Å²) in [5.41, 5.74) is 4.82. The molecule has 4 rings (SSSR count). The number of nitrogens with one attached hydrogen (secondary N) is 1. The molecule has 0 saturated carbocycles. The number of rotatable bonds is 3. The molecule has 2 aromatic carbocycles. The van der Waals surface area contributed by atoms with Crippen LogP contribution in [0.15, 0.2) is 54.6 Å². The maximum absolute atomic E-state index is 10.4. The van der Waals surface area contributed by atoms with Gasteiger partial charge < -0.3 is 9.84 Å². The number of aromatic nitrogens is 3. The predicted molar refractivity (Wildman–Crippen MR) is 97.7 cm³/mol. The summed E-state index contributed by atoms with van der Waals surface area (Å²) in [6.45, 7) is 1.95. The van der Waals surface area contributed by atoms with E-state index in [4.69, 9.17) is 9.72 Å². The highest BCUT2D eigenvalue weighted by Crippen LogP contribution is 2.38. The van der Waals surface area contributed by atoms with Crippen molar-refractivity contribution in [3.8, 4) is 34.0 Å². The Kier molecular flexibility index (Phi) is 3.61. The third kappa shape index (κ3) is 2.59. The van der Waals surface area contributed by atoms with Crippen molar-refractivity contribution in [1.29, 1.82) is 0 Å². The number of ether oxygens (including phenoxy) is 1. The average molecular weight is 331 g/mol. The number of pyridine rings is 1. The number of phenolic OH excluding ortho intramolecular Hbond substituents is 1. The van der Waals surface area contributed by atoms with Crippen molar-refractivity contribution >= 4 is 10.9 Å². The van der Waals surface area contributed by atoms with Crippen LogP contribution in [-0.4, -0.2) is 27.4 Å². The summed E-state index contributed by atoms with van der Waals surface area (Å²) in [7, 11) is 1.57. The van der Waals surface area contributed by atoms with E-state index < -0.39 is 0 Å². The number of hydrogen-bond donors (Lipinski definition) is 2. The SMILES string of the molecule is COc1ccc(-c2n[nH]c(C)c2-c2ccc3ccccc3n2)c(O)c1. The van der Waals surface area contributed by atoms with E-state index in [9.17, 15) is 5.11 Å². The number of aromatic amines is 1. The zero-order valence-corrected chi connectivity index (χ0v) is 13.9. The predicted octanol–water partition coefficient (Wildman–Crippen LogP) is 4.31. The average Bonchev–Trinajstić information content (AvgIpc) is 3.02. The molecular weight excluding hydrogens is 314 g/mol. The van der Waals surface area contributed by atoms with Crippen molar-refractivity contribution in [3.05, 3.63) is 60.3 Å². The Labute approximate surface area is 144 Å². The van der Waals surface area contributed by atoms with Gasteiger partial charge in [0.15, 0.2) is 0 Å². The van der Waals surface area contributed by atoms with Gasteiger partial charge in [-0.3, -0.25) is 5.10 Å². The number of benzene rings is 2. The van der Waals surface area contributed by atoms with Crippen molar-refractivity contribution in [1.82, 2.24) is 15.2 Å². The normalized spacial score (nSPS) is 11.0. The molecule has 124 valence electrons. The Morgan fingerprint density at radius 2 is 1.88 bits per heavy atom. The van der Waals surface area contributed by atoms with E-state index in [0.717, 1.165) is 27.9 Å². The van der Waals surface area contributed by atoms with Gasteiger partial charge in [-0.2, -0.15) is 5.10 Å². The van der Waals surface area contributed by atoms with Crippen LogP contribution in [0.5, 0.6) is 11.5 Å². The molecule has 0 spiro atoms. The third-order valence-corrected chi connectivity index (χ3v) is 4.26. The van der Waals surface area contributed by atoms with Gasteiger partial charge >= 0.3 is 0 Å². The molecule has 0 unspecified atom stereocenters. The second-order valence-corrected chi connectivity index (χ2v) is 5.84. The van der Waals surface area contributed by atoms with Crippen molar-refractivity contribution in [2.45, 2.75) is 6.92 Å². The lowest BCUT2D eigenvalue weighted by Crippen LogP contribution is -1.90. The molecule has 5 nitrogen and oxygen atoms in total. The Bertz CT molecular complexity index is 1070. The lowest BCUT2D eigenvalue weighted by Gasteiger charge is -2.08. The Hall–Kier alpha value is -3.34. The lowest BCUT2D eigenvalue weighted by molar-refractivity contribution is 0.408. The van der Waals surface area contributed by atoms with Gasteiger partial charge in [0.25, 0.3) is 0 Å².